The number of hydrogen-bond donors (Lipinski definition) is 4. The van der Waals surface area contributed by atoms with Crippen LogP contribution in [0.4, 0.5) is 0 Å². The van der Waals surface area contributed by atoms with Crippen LogP contribution < -0.4 is 0 Å². The molecule has 0 saturated heterocycles. The SMILES string of the molecule is O=[P+](O)O[P+](O)(O)O. The van der Waals surface area contributed by atoms with E-state index in [4.69, 9.17) is 19.6 Å². The summed E-state index contributed by atoms with van der Waals surface area (Å²) in [6.45, 7) is 0. The molecule has 1 unspecified atom stereocenters. The van der Waals surface area contributed by atoms with Gasteiger partial charge in [-0.2, -0.15) is 14.7 Å². The molecule has 0 aromatic carbocycles. The van der Waals surface area contributed by atoms with Crippen molar-refractivity contribution in [1.82, 2.24) is 0 Å². The van der Waals surface area contributed by atoms with Gasteiger partial charge in [0.05, 0.1) is 0 Å². The van der Waals surface area contributed by atoms with Crippen molar-refractivity contribution in [2.75, 3.05) is 0 Å². The Labute approximate surface area is 46.0 Å². The molecule has 0 aliphatic rings. The first-order chi connectivity index (χ1) is 3.42. The first-order valence-corrected chi connectivity index (χ1v) is 4.04. The van der Waals surface area contributed by atoms with Crippen LogP contribution in [0.5, 0.6) is 0 Å². The third-order valence-corrected chi connectivity index (χ3v) is 1.61. The van der Waals surface area contributed by atoms with E-state index in [0.29, 0.717) is 0 Å². The molecule has 0 aromatic heterocycles. The van der Waals surface area contributed by atoms with Gasteiger partial charge in [0.1, 0.15) is 4.31 Å². The predicted molar refractivity (Wildman–Crippen MR) is 24.5 cm³/mol. The lowest BCUT2D eigenvalue weighted by atomic mass is 15.7. The van der Waals surface area contributed by atoms with Crippen LogP contribution in [0.2, 0.25) is 0 Å². The maximum Gasteiger partial charge on any atom is 0.740 e. The summed E-state index contributed by atoms with van der Waals surface area (Å²) in [6.07, 6.45) is 0. The minimum atomic E-state index is -4.51. The lowest BCUT2D eigenvalue weighted by Gasteiger charge is -1.85. The Morgan fingerprint density at radius 2 is 1.75 bits per heavy atom. The average Bonchev–Trinajstić information content (AvgIpc) is 1.21. The molecular formula is H4O6P2+2. The summed E-state index contributed by atoms with van der Waals surface area (Å²) in [5.41, 5.74) is 0. The number of hydrogen-bond acceptors (Lipinski definition) is 5. The summed E-state index contributed by atoms with van der Waals surface area (Å²) in [7, 11) is -7.64. The lowest BCUT2D eigenvalue weighted by Crippen LogP contribution is -1.86. The van der Waals surface area contributed by atoms with Crippen molar-refractivity contribution in [3.63, 3.8) is 0 Å². The smallest absolute Gasteiger partial charge is 0.165 e. The quantitative estimate of drug-likeness (QED) is 0.400. The molecule has 8 heteroatoms. The van der Waals surface area contributed by atoms with E-state index in [0.717, 1.165) is 0 Å². The third-order valence-electron chi connectivity index (χ3n) is 0.179. The first-order valence-electron chi connectivity index (χ1n) is 1.35. The van der Waals surface area contributed by atoms with Crippen molar-refractivity contribution in [2.24, 2.45) is 0 Å². The molecule has 4 N–H and O–H groups in total. The zero-order chi connectivity index (χ0) is 6.78. The van der Waals surface area contributed by atoms with E-state index in [-0.39, 0.29) is 0 Å². The summed E-state index contributed by atoms with van der Waals surface area (Å²) in [4.78, 5) is 31.3. The monoisotopic (exact) mass is 162 g/mol. The molecule has 0 aromatic rings. The van der Waals surface area contributed by atoms with Gasteiger partial charge in [-0.1, -0.05) is 0 Å². The van der Waals surface area contributed by atoms with Crippen molar-refractivity contribution >= 4 is 16.4 Å². The van der Waals surface area contributed by atoms with Crippen LogP contribution in [-0.4, -0.2) is 19.6 Å². The van der Waals surface area contributed by atoms with Gasteiger partial charge in [0.2, 0.25) is 0 Å². The van der Waals surface area contributed by atoms with Crippen LogP contribution in [0, 0.1) is 0 Å². The van der Waals surface area contributed by atoms with Crippen molar-refractivity contribution in [2.45, 2.75) is 0 Å². The van der Waals surface area contributed by atoms with Gasteiger partial charge in [0.15, 0.2) is 0 Å². The average molecular weight is 162 g/mol. The van der Waals surface area contributed by atoms with Crippen LogP contribution in [0.25, 0.3) is 0 Å². The molecule has 0 rings (SSSR count). The second-order valence-electron chi connectivity index (χ2n) is 0.833. The topological polar surface area (TPSA) is 107 Å². The first kappa shape index (κ1) is 8.33. The molecule has 6 nitrogen and oxygen atoms in total. The molecule has 0 aliphatic carbocycles. The minimum absolute atomic E-state index is 3.14. The highest BCUT2D eigenvalue weighted by Gasteiger charge is 2.46. The van der Waals surface area contributed by atoms with E-state index < -0.39 is 16.4 Å². The van der Waals surface area contributed by atoms with E-state index in [1.54, 1.807) is 0 Å². The minimum Gasteiger partial charge on any atom is -0.165 e. The highest BCUT2D eigenvalue weighted by molar-refractivity contribution is 7.60. The maximum absolute atomic E-state index is 9.49. The van der Waals surface area contributed by atoms with Crippen molar-refractivity contribution < 1.29 is 28.4 Å². The van der Waals surface area contributed by atoms with Gasteiger partial charge >= 0.3 is 16.4 Å². The Kier molecular flexibility index (Phi) is 2.87. The van der Waals surface area contributed by atoms with Gasteiger partial charge in [0, 0.05) is 4.57 Å². The second-order valence-corrected chi connectivity index (χ2v) is 2.99. The molecule has 0 fully saturated rings. The Bertz CT molecular complexity index is 89.2. The summed E-state index contributed by atoms with van der Waals surface area (Å²) in [5, 5.41) is 0. The lowest BCUT2D eigenvalue weighted by molar-refractivity contribution is 0.231. The molecular weight excluding hydrogens is 158 g/mol. The maximum atomic E-state index is 9.49. The van der Waals surface area contributed by atoms with Crippen LogP contribution in [-0.2, 0) is 8.88 Å². The molecule has 1 atom stereocenters. The van der Waals surface area contributed by atoms with Crippen LogP contribution >= 0.6 is 16.4 Å². The molecule has 0 saturated carbocycles. The van der Waals surface area contributed by atoms with Gasteiger partial charge in [0.25, 0.3) is 0 Å². The predicted octanol–water partition coefficient (Wildman–Crippen LogP) is -0.693. The van der Waals surface area contributed by atoms with Crippen LogP contribution in [0.1, 0.15) is 0 Å². The van der Waals surface area contributed by atoms with Gasteiger partial charge in [-0.3, -0.25) is 0 Å². The van der Waals surface area contributed by atoms with Gasteiger partial charge < -0.3 is 0 Å². The van der Waals surface area contributed by atoms with E-state index in [2.05, 4.69) is 4.31 Å². The van der Waals surface area contributed by atoms with E-state index in [1.165, 1.54) is 0 Å². The van der Waals surface area contributed by atoms with Gasteiger partial charge in [-0.05, 0) is 0 Å². The van der Waals surface area contributed by atoms with Gasteiger partial charge in [-0.15, -0.1) is 4.89 Å². The zero-order valence-electron chi connectivity index (χ0n) is 3.50. The Morgan fingerprint density at radius 3 is 1.75 bits per heavy atom. The molecule has 0 bridgehead atoms. The van der Waals surface area contributed by atoms with Crippen LogP contribution in [0.3, 0.4) is 0 Å². The molecule has 0 radical (unpaired) electrons. The molecule has 0 aliphatic heterocycles. The van der Waals surface area contributed by atoms with Crippen LogP contribution in [0.15, 0.2) is 0 Å². The zero-order valence-corrected chi connectivity index (χ0v) is 5.29. The number of rotatable bonds is 2. The fraction of sp³-hybridized carbons (Fsp3) is 0. The largest absolute Gasteiger partial charge is 0.740 e. The van der Waals surface area contributed by atoms with E-state index in [9.17, 15) is 4.57 Å². The van der Waals surface area contributed by atoms with Crippen molar-refractivity contribution in [3.8, 4) is 0 Å². The van der Waals surface area contributed by atoms with E-state index >= 15 is 0 Å². The Hall–Kier alpha value is 0.330. The van der Waals surface area contributed by atoms with Gasteiger partial charge in [-0.25, -0.2) is 0 Å². The van der Waals surface area contributed by atoms with Crippen molar-refractivity contribution in [3.05, 3.63) is 0 Å². The fourth-order valence-corrected chi connectivity index (χ4v) is 0.843. The normalized spacial score (nSPS) is 13.8. The summed E-state index contributed by atoms with van der Waals surface area (Å²) in [6, 6.07) is 0. The summed E-state index contributed by atoms with van der Waals surface area (Å²) in [5.74, 6) is 0. The highest BCUT2D eigenvalue weighted by atomic mass is 31.3. The molecule has 8 heavy (non-hydrogen) atoms. The summed E-state index contributed by atoms with van der Waals surface area (Å²) >= 11 is 0. The third kappa shape index (κ3) is 6.33. The Balaban J connectivity index is 3.55. The molecule has 0 spiro atoms. The standard InChI is InChI=1S/H3O6P2/c1-7(2)6-8(3,4)5/h3-5H/q+1/p+1. The second kappa shape index (κ2) is 2.75. The molecule has 0 heterocycles. The summed E-state index contributed by atoms with van der Waals surface area (Å²) < 4.78 is 12.8. The van der Waals surface area contributed by atoms with Crippen molar-refractivity contribution in [1.29, 1.82) is 0 Å². The Morgan fingerprint density at radius 1 is 1.38 bits per heavy atom. The fourth-order valence-electron chi connectivity index (χ4n) is 0.0937. The van der Waals surface area contributed by atoms with E-state index in [1.807, 2.05) is 0 Å². The molecule has 48 valence electrons. The highest BCUT2D eigenvalue weighted by Crippen LogP contribution is 2.52. The molecule has 0 amide bonds.